The molecule has 0 aliphatic carbocycles. The van der Waals surface area contributed by atoms with Gasteiger partial charge in [0.1, 0.15) is 5.82 Å². The summed E-state index contributed by atoms with van der Waals surface area (Å²) in [5.41, 5.74) is 2.38. The monoisotopic (exact) mass is 453 g/mol. The molecule has 4 rings (SSSR count). The van der Waals surface area contributed by atoms with Gasteiger partial charge in [-0.2, -0.15) is 18.3 Å². The highest BCUT2D eigenvalue weighted by atomic mass is 19.4. The number of hydrogen-bond acceptors (Lipinski definition) is 6. The van der Waals surface area contributed by atoms with Crippen molar-refractivity contribution in [1.29, 1.82) is 0 Å². The van der Waals surface area contributed by atoms with Crippen LogP contribution >= 0.6 is 0 Å². The van der Waals surface area contributed by atoms with Crippen LogP contribution in [-0.4, -0.2) is 37.7 Å². The van der Waals surface area contributed by atoms with Crippen LogP contribution in [0, 0.1) is 6.92 Å². The van der Waals surface area contributed by atoms with Gasteiger partial charge in [-0.1, -0.05) is 6.07 Å². The third-order valence-electron chi connectivity index (χ3n) is 4.84. The van der Waals surface area contributed by atoms with Crippen LogP contribution in [0.2, 0.25) is 0 Å². The molecule has 0 spiro atoms. The fourth-order valence-corrected chi connectivity index (χ4v) is 3.07. The minimum atomic E-state index is -4.53. The average molecular weight is 453 g/mol. The van der Waals surface area contributed by atoms with Crippen molar-refractivity contribution in [3.05, 3.63) is 78.0 Å². The molecule has 1 amide bonds. The molecule has 0 saturated heterocycles. The zero-order valence-electron chi connectivity index (χ0n) is 17.6. The summed E-state index contributed by atoms with van der Waals surface area (Å²) < 4.78 is 40.4. The second-order valence-corrected chi connectivity index (χ2v) is 7.10. The lowest BCUT2D eigenvalue weighted by molar-refractivity contribution is -0.137. The van der Waals surface area contributed by atoms with Gasteiger partial charge in [0.25, 0.3) is 5.91 Å². The molecule has 0 saturated carbocycles. The molecule has 168 valence electrons. The summed E-state index contributed by atoms with van der Waals surface area (Å²) >= 11 is 0. The molecule has 0 atom stereocenters. The van der Waals surface area contributed by atoms with E-state index in [1.54, 1.807) is 54.7 Å². The minimum Gasteiger partial charge on any atom is -0.357 e. The van der Waals surface area contributed by atoms with Gasteiger partial charge < -0.3 is 10.6 Å². The number of rotatable bonds is 5. The van der Waals surface area contributed by atoms with Crippen LogP contribution in [-0.2, 0) is 6.18 Å². The maximum Gasteiger partial charge on any atom is 0.416 e. The Balaban J connectivity index is 1.58. The predicted octanol–water partition coefficient (Wildman–Crippen LogP) is 4.35. The molecule has 0 aliphatic rings. The summed E-state index contributed by atoms with van der Waals surface area (Å²) in [6, 6.07) is 6.54. The molecule has 4 aromatic rings. The van der Waals surface area contributed by atoms with Crippen LogP contribution in [0.4, 0.5) is 24.9 Å². The predicted molar refractivity (Wildman–Crippen MR) is 116 cm³/mol. The van der Waals surface area contributed by atoms with Crippen LogP contribution in [0.25, 0.3) is 16.8 Å². The van der Waals surface area contributed by atoms with E-state index in [9.17, 15) is 18.0 Å². The lowest BCUT2D eigenvalue weighted by atomic mass is 10.1. The number of carbonyl (C=O) groups excluding carboxylic acids is 1. The second-order valence-electron chi connectivity index (χ2n) is 7.10. The largest absolute Gasteiger partial charge is 0.416 e. The summed E-state index contributed by atoms with van der Waals surface area (Å²) in [4.78, 5) is 24.8. The van der Waals surface area contributed by atoms with Crippen molar-refractivity contribution in [2.75, 3.05) is 17.7 Å². The van der Waals surface area contributed by atoms with Gasteiger partial charge in [0.05, 0.1) is 17.4 Å². The average Bonchev–Trinajstić information content (AvgIpc) is 3.29. The topological polar surface area (TPSA) is 97.6 Å². The fraction of sp³-hybridized carbons (Fsp3) is 0.136. The lowest BCUT2D eigenvalue weighted by Gasteiger charge is -2.11. The van der Waals surface area contributed by atoms with Gasteiger partial charge in [0.2, 0.25) is 5.95 Å². The Hall–Kier alpha value is -4.28. The minimum absolute atomic E-state index is 0.191. The molecule has 2 N–H and O–H groups in total. The number of halogens is 3. The van der Waals surface area contributed by atoms with Crippen molar-refractivity contribution in [3.8, 4) is 16.8 Å². The Labute approximate surface area is 186 Å². The van der Waals surface area contributed by atoms with E-state index in [0.29, 0.717) is 11.6 Å². The van der Waals surface area contributed by atoms with Crippen LogP contribution in [0.1, 0.15) is 21.5 Å². The summed E-state index contributed by atoms with van der Waals surface area (Å²) in [5, 5.41) is 9.62. The van der Waals surface area contributed by atoms with E-state index in [2.05, 4.69) is 30.7 Å². The smallest absolute Gasteiger partial charge is 0.357 e. The SMILES string of the molecule is CNc1ncc(-c2cnn(-c3cc(C(=O)Nc4cc(C(F)(F)F)ccn4)ccc3C)c2)cn1. The molecule has 0 aliphatic heterocycles. The molecule has 11 heteroatoms. The first-order valence-electron chi connectivity index (χ1n) is 9.75. The van der Waals surface area contributed by atoms with E-state index in [1.165, 1.54) is 0 Å². The molecule has 0 fully saturated rings. The first-order valence-corrected chi connectivity index (χ1v) is 9.75. The number of pyridine rings is 1. The number of benzene rings is 1. The molecule has 3 aromatic heterocycles. The molecule has 0 bridgehead atoms. The lowest BCUT2D eigenvalue weighted by Crippen LogP contribution is -2.15. The van der Waals surface area contributed by atoms with E-state index < -0.39 is 17.6 Å². The maximum absolute atomic E-state index is 12.9. The van der Waals surface area contributed by atoms with Crippen molar-refractivity contribution in [3.63, 3.8) is 0 Å². The Bertz CT molecular complexity index is 1300. The molecule has 3 heterocycles. The number of nitrogens with one attached hydrogen (secondary N) is 2. The van der Waals surface area contributed by atoms with E-state index >= 15 is 0 Å². The van der Waals surface area contributed by atoms with E-state index in [1.807, 2.05) is 6.92 Å². The van der Waals surface area contributed by atoms with Gasteiger partial charge in [-0.25, -0.2) is 19.6 Å². The van der Waals surface area contributed by atoms with Crippen LogP contribution < -0.4 is 10.6 Å². The highest BCUT2D eigenvalue weighted by Gasteiger charge is 2.30. The summed E-state index contributed by atoms with van der Waals surface area (Å²) in [6.45, 7) is 1.86. The van der Waals surface area contributed by atoms with Gasteiger partial charge in [-0.15, -0.1) is 0 Å². The van der Waals surface area contributed by atoms with E-state index in [-0.39, 0.29) is 11.4 Å². The van der Waals surface area contributed by atoms with Gasteiger partial charge in [0.15, 0.2) is 0 Å². The number of alkyl halides is 3. The molecule has 1 aromatic carbocycles. The van der Waals surface area contributed by atoms with Gasteiger partial charge in [0, 0.05) is 48.5 Å². The number of carbonyl (C=O) groups is 1. The summed E-state index contributed by atoms with van der Waals surface area (Å²) in [7, 11) is 1.72. The van der Waals surface area contributed by atoms with E-state index in [4.69, 9.17) is 0 Å². The Morgan fingerprint density at radius 1 is 1.00 bits per heavy atom. The maximum atomic E-state index is 12.9. The fourth-order valence-electron chi connectivity index (χ4n) is 3.07. The van der Waals surface area contributed by atoms with Gasteiger partial charge in [-0.05, 0) is 36.8 Å². The Kier molecular flexibility index (Phi) is 5.78. The highest BCUT2D eigenvalue weighted by molar-refractivity contribution is 6.04. The first kappa shape index (κ1) is 21.9. The Morgan fingerprint density at radius 3 is 2.45 bits per heavy atom. The normalized spacial score (nSPS) is 11.3. The number of aromatic nitrogens is 5. The number of anilines is 2. The summed E-state index contributed by atoms with van der Waals surface area (Å²) in [5.74, 6) is -0.286. The van der Waals surface area contributed by atoms with Crippen molar-refractivity contribution in [2.45, 2.75) is 13.1 Å². The zero-order chi connectivity index (χ0) is 23.6. The zero-order valence-corrected chi connectivity index (χ0v) is 17.6. The molecule has 0 radical (unpaired) electrons. The highest BCUT2D eigenvalue weighted by Crippen LogP contribution is 2.30. The second kappa shape index (κ2) is 8.69. The van der Waals surface area contributed by atoms with Crippen LogP contribution in [0.5, 0.6) is 0 Å². The van der Waals surface area contributed by atoms with E-state index in [0.717, 1.165) is 35.0 Å². The Morgan fingerprint density at radius 2 is 1.76 bits per heavy atom. The standard InChI is InChI=1S/C22H18F3N7O/c1-13-3-4-14(20(33)31-19-8-17(5-6-27-19)22(23,24)25)7-18(13)32-12-16(11-30-32)15-9-28-21(26-2)29-10-15/h3-12H,1-2H3,(H,26,28,29)(H,27,31,33). The number of hydrogen-bond donors (Lipinski definition) is 2. The number of aryl methyl sites for hydroxylation is 1. The van der Waals surface area contributed by atoms with Crippen molar-refractivity contribution in [1.82, 2.24) is 24.7 Å². The summed E-state index contributed by atoms with van der Waals surface area (Å²) in [6.07, 6.45) is 3.22. The van der Waals surface area contributed by atoms with Gasteiger partial charge in [-0.3, -0.25) is 4.79 Å². The first-order chi connectivity index (χ1) is 15.7. The quantitative estimate of drug-likeness (QED) is 0.467. The molecular formula is C22H18F3N7O. The van der Waals surface area contributed by atoms with Crippen molar-refractivity contribution in [2.24, 2.45) is 0 Å². The molecular weight excluding hydrogens is 435 g/mol. The van der Waals surface area contributed by atoms with Crippen LogP contribution in [0.15, 0.2) is 61.3 Å². The molecule has 33 heavy (non-hydrogen) atoms. The molecule has 8 nitrogen and oxygen atoms in total. The number of nitrogens with zero attached hydrogens (tertiary/aromatic N) is 5. The van der Waals surface area contributed by atoms with Crippen molar-refractivity contribution < 1.29 is 18.0 Å². The number of amides is 1. The third kappa shape index (κ3) is 4.81. The van der Waals surface area contributed by atoms with Gasteiger partial charge >= 0.3 is 6.18 Å². The third-order valence-corrected chi connectivity index (χ3v) is 4.84. The van der Waals surface area contributed by atoms with Crippen molar-refractivity contribution >= 4 is 17.7 Å². The molecule has 0 unspecified atom stereocenters. The van der Waals surface area contributed by atoms with Crippen LogP contribution in [0.3, 0.4) is 0 Å².